The molecule has 2 aliphatic heterocycles. The Bertz CT molecular complexity index is 222. The summed E-state index contributed by atoms with van der Waals surface area (Å²) in [4.78, 5) is 14.0. The van der Waals surface area contributed by atoms with Crippen LogP contribution in [0, 0.1) is 5.41 Å². The van der Waals surface area contributed by atoms with E-state index in [2.05, 4.69) is 24.2 Å². The van der Waals surface area contributed by atoms with Gasteiger partial charge in [0.2, 0.25) is 0 Å². The standard InChI is InChI=1S/C10H18N2O.Re/c1-8-6-10(7-12(8)2)4-3-5-11-9(10)13;/h8H,3-7H2,1-2H3,(H,11,13);/p-1. The van der Waals surface area contributed by atoms with E-state index in [0.29, 0.717) is 6.04 Å². The van der Waals surface area contributed by atoms with Gasteiger partial charge in [-0.2, -0.15) is 0 Å². The van der Waals surface area contributed by atoms with E-state index in [0.717, 1.165) is 32.4 Å². The van der Waals surface area contributed by atoms with Crippen molar-refractivity contribution < 1.29 is 25.2 Å². The first kappa shape index (κ1) is 12.2. The van der Waals surface area contributed by atoms with E-state index in [1.807, 2.05) is 0 Å². The van der Waals surface area contributed by atoms with E-state index in [9.17, 15) is 4.79 Å². The van der Waals surface area contributed by atoms with Crippen molar-refractivity contribution in [2.45, 2.75) is 32.2 Å². The molecule has 0 aliphatic carbocycles. The number of nitrogens with zero attached hydrogens (tertiary/aromatic N) is 2. The largest absolute Gasteiger partial charge is 0.653 e. The van der Waals surface area contributed by atoms with Gasteiger partial charge in [0.25, 0.3) is 0 Å². The third kappa shape index (κ3) is 1.89. The Hall–Kier alpha value is 0.0923. The molecule has 1 spiro atoms. The predicted octanol–water partition coefficient (Wildman–Crippen LogP) is 1.39. The number of amides is 1. The van der Waals surface area contributed by atoms with Crippen molar-refractivity contribution in [3.63, 3.8) is 0 Å². The van der Waals surface area contributed by atoms with Crippen molar-refractivity contribution in [1.82, 2.24) is 4.90 Å². The maximum atomic E-state index is 11.7. The first-order chi connectivity index (χ1) is 6.14. The zero-order valence-electron chi connectivity index (χ0n) is 8.79. The van der Waals surface area contributed by atoms with Gasteiger partial charge in [-0.25, -0.2) is 0 Å². The number of carbonyl (C=O) groups excluding carboxylic acids is 1. The number of piperidine rings is 1. The molecule has 2 unspecified atom stereocenters. The third-order valence-corrected chi connectivity index (χ3v) is 3.51. The van der Waals surface area contributed by atoms with Gasteiger partial charge in [0, 0.05) is 38.4 Å². The molecule has 2 aliphatic rings. The number of carbonyl (C=O) groups is 1. The van der Waals surface area contributed by atoms with Crippen LogP contribution >= 0.6 is 0 Å². The van der Waals surface area contributed by atoms with Crippen LogP contribution in [0.15, 0.2) is 0 Å². The van der Waals surface area contributed by atoms with Crippen molar-refractivity contribution in [2.75, 3.05) is 20.1 Å². The number of likely N-dealkylation sites (tertiary alicyclic amines) is 1. The van der Waals surface area contributed by atoms with E-state index in [1.54, 1.807) is 0 Å². The Kier molecular flexibility index (Phi) is 3.74. The van der Waals surface area contributed by atoms with Crippen LogP contribution in [-0.2, 0) is 25.2 Å². The van der Waals surface area contributed by atoms with Crippen LogP contribution in [-0.4, -0.2) is 37.0 Å². The molecule has 0 aromatic carbocycles. The fourth-order valence-electron chi connectivity index (χ4n) is 2.63. The molecule has 2 saturated heterocycles. The second kappa shape index (κ2) is 4.30. The number of hydrogen-bond donors (Lipinski definition) is 0. The monoisotopic (exact) mass is 368 g/mol. The molecule has 2 heterocycles. The van der Waals surface area contributed by atoms with Gasteiger partial charge < -0.3 is 15.0 Å². The first-order valence-electron chi connectivity index (χ1n) is 5.06. The average molecular weight is 367 g/mol. The van der Waals surface area contributed by atoms with Gasteiger partial charge in [-0.05, 0) is 26.8 Å². The Labute approximate surface area is 99.3 Å². The Balaban J connectivity index is 0.000000980. The quantitative estimate of drug-likeness (QED) is 0.649. The van der Waals surface area contributed by atoms with Crippen LogP contribution in [0.2, 0.25) is 0 Å². The van der Waals surface area contributed by atoms with Gasteiger partial charge in [0.05, 0.1) is 5.91 Å². The molecule has 3 nitrogen and oxygen atoms in total. The van der Waals surface area contributed by atoms with Crippen LogP contribution in [0.3, 0.4) is 0 Å². The molecule has 2 atom stereocenters. The molecule has 0 aromatic rings. The summed E-state index contributed by atoms with van der Waals surface area (Å²) in [7, 11) is 2.10. The van der Waals surface area contributed by atoms with Crippen LogP contribution in [0.1, 0.15) is 26.2 Å². The average Bonchev–Trinajstić information content (AvgIpc) is 2.36. The van der Waals surface area contributed by atoms with Gasteiger partial charge in [0.1, 0.15) is 0 Å². The Morgan fingerprint density at radius 3 is 2.79 bits per heavy atom. The molecule has 1 amide bonds. The molecule has 2 fully saturated rings. The molecule has 4 heteroatoms. The molecule has 14 heavy (non-hydrogen) atoms. The summed E-state index contributed by atoms with van der Waals surface area (Å²) < 4.78 is 0. The van der Waals surface area contributed by atoms with Gasteiger partial charge in [0.15, 0.2) is 0 Å². The van der Waals surface area contributed by atoms with Gasteiger partial charge >= 0.3 is 0 Å². The molecule has 2 rings (SSSR count). The van der Waals surface area contributed by atoms with Gasteiger partial charge in [-0.15, -0.1) is 6.54 Å². The summed E-state index contributed by atoms with van der Waals surface area (Å²) >= 11 is 0. The molecular weight excluding hydrogens is 350 g/mol. The van der Waals surface area contributed by atoms with E-state index in [-0.39, 0.29) is 31.7 Å². The SMILES string of the molecule is CC1CC2(CCC[N-]C2=O)CN1C.[Re]. The Morgan fingerprint density at radius 2 is 2.29 bits per heavy atom. The van der Waals surface area contributed by atoms with Gasteiger partial charge in [-0.3, -0.25) is 0 Å². The van der Waals surface area contributed by atoms with Crippen molar-refractivity contribution >= 4 is 5.91 Å². The van der Waals surface area contributed by atoms with Crippen LogP contribution < -0.4 is 0 Å². The third-order valence-electron chi connectivity index (χ3n) is 3.51. The van der Waals surface area contributed by atoms with Crippen molar-refractivity contribution in [1.29, 1.82) is 0 Å². The summed E-state index contributed by atoms with van der Waals surface area (Å²) in [6, 6.07) is 0.539. The Morgan fingerprint density at radius 1 is 1.57 bits per heavy atom. The smallest absolute Gasteiger partial charge is 0.0587 e. The summed E-state index contributed by atoms with van der Waals surface area (Å²) in [5.41, 5.74) is -0.105. The number of rotatable bonds is 0. The normalized spacial score (nSPS) is 38.1. The summed E-state index contributed by atoms with van der Waals surface area (Å²) in [6.07, 6.45) is 3.14. The molecule has 0 N–H and O–H groups in total. The van der Waals surface area contributed by atoms with Gasteiger partial charge in [-0.1, -0.05) is 6.42 Å². The minimum Gasteiger partial charge on any atom is -0.653 e. The van der Waals surface area contributed by atoms with Crippen molar-refractivity contribution in [3.05, 3.63) is 5.32 Å². The topological polar surface area (TPSA) is 34.4 Å². The van der Waals surface area contributed by atoms with E-state index < -0.39 is 0 Å². The fraction of sp³-hybridized carbons (Fsp3) is 0.900. The van der Waals surface area contributed by atoms with Crippen molar-refractivity contribution in [3.8, 4) is 0 Å². The molecular formula is C10H17N2ORe-. The first-order valence-corrected chi connectivity index (χ1v) is 5.06. The summed E-state index contributed by atoms with van der Waals surface area (Å²) in [6.45, 7) is 3.85. The maximum Gasteiger partial charge on any atom is 0.0587 e. The number of hydrogen-bond acceptors (Lipinski definition) is 2. The molecule has 81 valence electrons. The van der Waals surface area contributed by atoms with E-state index in [1.165, 1.54) is 0 Å². The maximum absolute atomic E-state index is 11.7. The second-order valence-electron chi connectivity index (χ2n) is 4.54. The van der Waals surface area contributed by atoms with E-state index >= 15 is 0 Å². The van der Waals surface area contributed by atoms with Crippen molar-refractivity contribution in [2.24, 2.45) is 5.41 Å². The zero-order valence-corrected chi connectivity index (χ0v) is 11.5. The molecule has 0 bridgehead atoms. The molecule has 0 saturated carbocycles. The second-order valence-corrected chi connectivity index (χ2v) is 4.54. The summed E-state index contributed by atoms with van der Waals surface area (Å²) in [5, 5.41) is 4.07. The van der Waals surface area contributed by atoms with Crippen LogP contribution in [0.25, 0.3) is 5.32 Å². The minimum absolute atomic E-state index is 0. The van der Waals surface area contributed by atoms with Crippen LogP contribution in [0.4, 0.5) is 0 Å². The fourth-order valence-corrected chi connectivity index (χ4v) is 2.63. The summed E-state index contributed by atoms with van der Waals surface area (Å²) in [5.74, 6) is 0.162. The van der Waals surface area contributed by atoms with E-state index in [4.69, 9.17) is 0 Å². The predicted molar refractivity (Wildman–Crippen MR) is 51.6 cm³/mol. The molecule has 0 aromatic heterocycles. The molecule has 1 radical (unpaired) electrons. The zero-order chi connectivity index (χ0) is 9.47. The van der Waals surface area contributed by atoms with Crippen LogP contribution in [0.5, 0.6) is 0 Å². The minimum atomic E-state index is -0.105.